The summed E-state index contributed by atoms with van der Waals surface area (Å²) in [5, 5.41) is 3.46. The van der Waals surface area contributed by atoms with Gasteiger partial charge in [-0.15, -0.1) is 11.3 Å². The van der Waals surface area contributed by atoms with Crippen molar-refractivity contribution in [2.45, 2.75) is 26.9 Å². The Bertz CT molecular complexity index is 1410. The minimum atomic E-state index is -0.360. The summed E-state index contributed by atoms with van der Waals surface area (Å²) in [5.41, 5.74) is 3.82. The molecule has 0 unspecified atom stereocenters. The number of halogens is 1. The SMILES string of the molecule is Cc1sc(=NC(=O)c2cccc(Cl)c2)n(Cc2ccccc2C(=O)NCc2ccncc2)c1C. The fourth-order valence-corrected chi connectivity index (χ4v) is 4.63. The Balaban J connectivity index is 1.62. The molecule has 0 aliphatic heterocycles. The first-order valence-corrected chi connectivity index (χ1v) is 11.9. The van der Waals surface area contributed by atoms with Gasteiger partial charge in [0.05, 0.1) is 6.54 Å². The molecule has 0 saturated carbocycles. The van der Waals surface area contributed by atoms with Crippen molar-refractivity contribution in [1.82, 2.24) is 14.9 Å². The monoisotopic (exact) mass is 490 g/mol. The maximum Gasteiger partial charge on any atom is 0.279 e. The molecule has 0 atom stereocenters. The van der Waals surface area contributed by atoms with Crippen LogP contribution >= 0.6 is 22.9 Å². The largest absolute Gasteiger partial charge is 0.348 e. The molecule has 0 spiro atoms. The van der Waals surface area contributed by atoms with E-state index >= 15 is 0 Å². The Kier molecular flexibility index (Phi) is 7.35. The zero-order valence-electron chi connectivity index (χ0n) is 18.8. The molecule has 2 aromatic heterocycles. The molecule has 2 aromatic carbocycles. The summed E-state index contributed by atoms with van der Waals surface area (Å²) in [6, 6.07) is 17.9. The van der Waals surface area contributed by atoms with E-state index in [1.165, 1.54) is 11.3 Å². The van der Waals surface area contributed by atoms with Crippen LogP contribution in [0, 0.1) is 13.8 Å². The van der Waals surface area contributed by atoms with Crippen LogP contribution < -0.4 is 10.1 Å². The number of nitrogens with zero attached hydrogens (tertiary/aromatic N) is 3. The predicted molar refractivity (Wildman–Crippen MR) is 134 cm³/mol. The van der Waals surface area contributed by atoms with E-state index in [1.54, 1.807) is 42.7 Å². The molecule has 172 valence electrons. The van der Waals surface area contributed by atoms with E-state index in [-0.39, 0.29) is 11.8 Å². The Labute approximate surface area is 206 Å². The number of carbonyl (C=O) groups excluding carboxylic acids is 2. The highest BCUT2D eigenvalue weighted by atomic mass is 35.5. The first-order chi connectivity index (χ1) is 16.4. The van der Waals surface area contributed by atoms with E-state index in [9.17, 15) is 9.59 Å². The van der Waals surface area contributed by atoms with Crippen LogP contribution in [0.4, 0.5) is 0 Å². The Morgan fingerprint density at radius 1 is 1.06 bits per heavy atom. The lowest BCUT2D eigenvalue weighted by Gasteiger charge is -2.12. The summed E-state index contributed by atoms with van der Waals surface area (Å²) in [4.78, 5) is 35.8. The first kappa shape index (κ1) is 23.6. The number of rotatable bonds is 6. The summed E-state index contributed by atoms with van der Waals surface area (Å²) in [6.07, 6.45) is 3.40. The fourth-order valence-electron chi connectivity index (χ4n) is 3.47. The van der Waals surface area contributed by atoms with Gasteiger partial charge in [0, 0.05) is 45.7 Å². The highest BCUT2D eigenvalue weighted by Crippen LogP contribution is 2.16. The molecule has 0 fully saturated rings. The lowest BCUT2D eigenvalue weighted by molar-refractivity contribution is 0.0948. The number of pyridine rings is 1. The number of aromatic nitrogens is 2. The van der Waals surface area contributed by atoms with Crippen LogP contribution in [0.1, 0.15) is 42.4 Å². The number of hydrogen-bond donors (Lipinski definition) is 1. The number of amides is 2. The molecule has 4 rings (SSSR count). The molecule has 0 bridgehead atoms. The van der Waals surface area contributed by atoms with Crippen LogP contribution in [0.15, 0.2) is 78.0 Å². The minimum Gasteiger partial charge on any atom is -0.348 e. The second kappa shape index (κ2) is 10.6. The van der Waals surface area contributed by atoms with Crippen LogP contribution in [0.5, 0.6) is 0 Å². The highest BCUT2D eigenvalue weighted by Gasteiger charge is 2.15. The van der Waals surface area contributed by atoms with Gasteiger partial charge in [0.15, 0.2) is 4.80 Å². The van der Waals surface area contributed by atoms with Gasteiger partial charge in [-0.1, -0.05) is 35.9 Å². The molecule has 0 aliphatic carbocycles. The molecular weight excluding hydrogens is 468 g/mol. The van der Waals surface area contributed by atoms with Crippen molar-refractivity contribution < 1.29 is 9.59 Å². The van der Waals surface area contributed by atoms with Gasteiger partial charge in [0.1, 0.15) is 0 Å². The maximum atomic E-state index is 13.0. The van der Waals surface area contributed by atoms with E-state index in [4.69, 9.17) is 11.6 Å². The molecule has 0 aliphatic rings. The predicted octanol–water partition coefficient (Wildman–Crippen LogP) is 4.93. The average Bonchev–Trinajstić information content (AvgIpc) is 3.10. The van der Waals surface area contributed by atoms with E-state index < -0.39 is 0 Å². The average molecular weight is 491 g/mol. The summed E-state index contributed by atoms with van der Waals surface area (Å²) < 4.78 is 1.97. The van der Waals surface area contributed by atoms with E-state index in [1.807, 2.05) is 48.7 Å². The van der Waals surface area contributed by atoms with E-state index in [2.05, 4.69) is 15.3 Å². The lowest BCUT2D eigenvalue weighted by Crippen LogP contribution is -2.26. The molecule has 0 saturated heterocycles. The normalized spacial score (nSPS) is 11.4. The van der Waals surface area contributed by atoms with Crippen molar-refractivity contribution in [2.75, 3.05) is 0 Å². The van der Waals surface area contributed by atoms with Gasteiger partial charge >= 0.3 is 0 Å². The number of aryl methyl sites for hydroxylation is 1. The van der Waals surface area contributed by atoms with Gasteiger partial charge in [0.2, 0.25) is 0 Å². The van der Waals surface area contributed by atoms with Crippen molar-refractivity contribution in [3.05, 3.63) is 116 Å². The summed E-state index contributed by atoms with van der Waals surface area (Å²) in [7, 11) is 0. The third kappa shape index (κ3) is 5.50. The van der Waals surface area contributed by atoms with Crippen LogP contribution in [0.3, 0.4) is 0 Å². The van der Waals surface area contributed by atoms with Crippen LogP contribution in [-0.4, -0.2) is 21.4 Å². The Morgan fingerprint density at radius 3 is 2.59 bits per heavy atom. The summed E-state index contributed by atoms with van der Waals surface area (Å²) in [6.45, 7) is 4.80. The summed E-state index contributed by atoms with van der Waals surface area (Å²) in [5.74, 6) is -0.521. The zero-order valence-corrected chi connectivity index (χ0v) is 20.4. The standard InChI is InChI=1S/C26H23ClN4O2S/c1-17-18(2)34-26(30-24(32)20-7-5-8-22(27)14-20)31(17)16-21-6-3-4-9-23(21)25(33)29-15-19-10-12-28-13-11-19/h3-14H,15-16H2,1-2H3,(H,29,33). The lowest BCUT2D eigenvalue weighted by atomic mass is 10.1. The Morgan fingerprint density at radius 2 is 1.82 bits per heavy atom. The molecule has 6 nitrogen and oxygen atoms in total. The van der Waals surface area contributed by atoms with Crippen molar-refractivity contribution in [3.8, 4) is 0 Å². The number of benzene rings is 2. The van der Waals surface area contributed by atoms with E-state index in [0.29, 0.717) is 34.0 Å². The fraction of sp³-hybridized carbons (Fsp3) is 0.154. The number of carbonyl (C=O) groups is 2. The van der Waals surface area contributed by atoms with E-state index in [0.717, 1.165) is 21.7 Å². The molecule has 4 aromatic rings. The van der Waals surface area contributed by atoms with Crippen molar-refractivity contribution in [1.29, 1.82) is 0 Å². The van der Waals surface area contributed by atoms with Crippen LogP contribution in [0.25, 0.3) is 0 Å². The van der Waals surface area contributed by atoms with Gasteiger partial charge in [-0.3, -0.25) is 14.6 Å². The Hall–Kier alpha value is -3.55. The highest BCUT2D eigenvalue weighted by molar-refractivity contribution is 7.09. The molecule has 8 heteroatoms. The molecule has 34 heavy (non-hydrogen) atoms. The van der Waals surface area contributed by atoms with Crippen LogP contribution in [-0.2, 0) is 13.1 Å². The summed E-state index contributed by atoms with van der Waals surface area (Å²) >= 11 is 7.48. The number of thiazole rings is 1. The van der Waals surface area contributed by atoms with Crippen LogP contribution in [0.2, 0.25) is 5.02 Å². The van der Waals surface area contributed by atoms with Crippen molar-refractivity contribution in [2.24, 2.45) is 4.99 Å². The first-order valence-electron chi connectivity index (χ1n) is 10.7. The van der Waals surface area contributed by atoms with Gasteiger partial charge < -0.3 is 9.88 Å². The van der Waals surface area contributed by atoms with Crippen molar-refractivity contribution >= 4 is 34.8 Å². The van der Waals surface area contributed by atoms with Gasteiger partial charge in [-0.05, 0) is 61.4 Å². The number of hydrogen-bond acceptors (Lipinski definition) is 4. The molecule has 2 amide bonds. The molecule has 0 radical (unpaired) electrons. The number of nitrogens with one attached hydrogen (secondary N) is 1. The van der Waals surface area contributed by atoms with Gasteiger partial charge in [0.25, 0.3) is 11.8 Å². The quantitative estimate of drug-likeness (QED) is 0.416. The molecule has 1 N–H and O–H groups in total. The smallest absolute Gasteiger partial charge is 0.279 e. The third-order valence-electron chi connectivity index (χ3n) is 5.45. The maximum absolute atomic E-state index is 13.0. The van der Waals surface area contributed by atoms with Gasteiger partial charge in [-0.2, -0.15) is 4.99 Å². The molecule has 2 heterocycles. The third-order valence-corrected chi connectivity index (χ3v) is 6.78. The second-order valence-electron chi connectivity index (χ2n) is 7.73. The second-order valence-corrected chi connectivity index (χ2v) is 9.35. The zero-order chi connectivity index (χ0) is 24.1. The van der Waals surface area contributed by atoms with Gasteiger partial charge in [-0.25, -0.2) is 0 Å². The topological polar surface area (TPSA) is 76.3 Å². The minimum absolute atomic E-state index is 0.161. The van der Waals surface area contributed by atoms with Crippen molar-refractivity contribution in [3.63, 3.8) is 0 Å². The molecular formula is C26H23ClN4O2S.